The smallest absolute Gasteiger partial charge is 0.373 e. The zero-order chi connectivity index (χ0) is 12.7. The number of hydrogen-bond acceptors (Lipinski definition) is 4. The number of carbonyl (C=O) groups excluding carboxylic acids is 1. The van der Waals surface area contributed by atoms with E-state index < -0.39 is 5.97 Å². The van der Waals surface area contributed by atoms with Gasteiger partial charge in [-0.15, -0.1) is 0 Å². The van der Waals surface area contributed by atoms with Gasteiger partial charge in [0.1, 0.15) is 12.4 Å². The molecule has 0 aromatic heterocycles. The monoisotopic (exact) mass is 237 g/mol. The van der Waals surface area contributed by atoms with Crippen LogP contribution in [0.15, 0.2) is 24.3 Å². The van der Waals surface area contributed by atoms with Gasteiger partial charge in [-0.05, 0) is 31.0 Å². The fraction of sp³-hybridized carbons (Fsp3) is 0.385. The molecule has 0 saturated carbocycles. The predicted octanol–water partition coefficient (Wildman–Crippen LogP) is 2.99. The topological polar surface area (TPSA) is 44.8 Å². The first kappa shape index (κ1) is 13.5. The molecule has 0 N–H and O–H groups in total. The molecule has 0 amide bonds. The second-order valence-corrected chi connectivity index (χ2v) is 3.81. The average Bonchev–Trinajstić information content (AvgIpc) is 2.29. The molecule has 0 fully saturated rings. The van der Waals surface area contributed by atoms with Crippen molar-refractivity contribution < 1.29 is 19.3 Å². The quantitative estimate of drug-likeness (QED) is 0.563. The average molecular weight is 237 g/mol. The minimum atomic E-state index is -0.538. The molecule has 0 unspecified atom stereocenters. The van der Waals surface area contributed by atoms with Gasteiger partial charge < -0.3 is 4.74 Å². The molecule has 0 spiro atoms. The van der Waals surface area contributed by atoms with Gasteiger partial charge in [0.25, 0.3) is 0 Å². The highest BCUT2D eigenvalue weighted by atomic mass is 17.2. The number of benzene rings is 1. The van der Waals surface area contributed by atoms with Crippen molar-refractivity contribution in [2.45, 2.75) is 20.8 Å². The van der Waals surface area contributed by atoms with Crippen LogP contribution in [-0.4, -0.2) is 12.6 Å². The lowest BCUT2D eigenvalue weighted by Gasteiger charge is -2.06. The van der Waals surface area contributed by atoms with Crippen molar-refractivity contribution in [1.82, 2.24) is 0 Å². The number of rotatable bonds is 6. The molecule has 0 heterocycles. The van der Waals surface area contributed by atoms with Crippen molar-refractivity contribution in [3.8, 4) is 5.75 Å². The van der Waals surface area contributed by atoms with Crippen LogP contribution in [0.2, 0.25) is 0 Å². The normalized spacial score (nSPS) is 10.4. The van der Waals surface area contributed by atoms with Gasteiger partial charge in [-0.3, -0.25) is 4.89 Å². The third-order valence-electron chi connectivity index (χ3n) is 1.83. The summed E-state index contributed by atoms with van der Waals surface area (Å²) < 4.78 is 5.28. The third kappa shape index (κ3) is 4.87. The molecule has 1 aromatic rings. The van der Waals surface area contributed by atoms with Crippen LogP contribution >= 0.6 is 0 Å². The number of ether oxygens (including phenoxy) is 1. The molecule has 0 atom stereocenters. The molecule has 1 radical (unpaired) electrons. The van der Waals surface area contributed by atoms with E-state index in [-0.39, 0.29) is 5.92 Å². The summed E-state index contributed by atoms with van der Waals surface area (Å²) in [5, 5.41) is 0. The standard InChI is InChI=1S/C13H17O4/c1-4-15-12-7-5-6-11(8-12)13(14)17-16-9-10(2)3/h5-10H,4H2,1-3H3. The minimum absolute atomic E-state index is 0.192. The molecule has 4 nitrogen and oxygen atoms in total. The van der Waals surface area contributed by atoms with Gasteiger partial charge in [-0.2, -0.15) is 4.89 Å². The maximum absolute atomic E-state index is 11.6. The molecular formula is C13H17O4. The summed E-state index contributed by atoms with van der Waals surface area (Å²) in [6, 6.07) is 6.77. The lowest BCUT2D eigenvalue weighted by atomic mass is 10.2. The molecule has 0 aliphatic carbocycles. The van der Waals surface area contributed by atoms with Crippen molar-refractivity contribution >= 4 is 5.97 Å². The van der Waals surface area contributed by atoms with E-state index in [0.29, 0.717) is 17.9 Å². The largest absolute Gasteiger partial charge is 0.494 e. The third-order valence-corrected chi connectivity index (χ3v) is 1.83. The Morgan fingerprint density at radius 1 is 1.41 bits per heavy atom. The van der Waals surface area contributed by atoms with Gasteiger partial charge in [0.2, 0.25) is 0 Å². The van der Waals surface area contributed by atoms with Gasteiger partial charge in [0.15, 0.2) is 0 Å². The van der Waals surface area contributed by atoms with E-state index in [1.807, 2.05) is 20.8 Å². The second kappa shape index (κ2) is 6.91. The number of hydrogen-bond donors (Lipinski definition) is 0. The van der Waals surface area contributed by atoms with Crippen LogP contribution < -0.4 is 4.74 Å². The van der Waals surface area contributed by atoms with Crippen molar-refractivity contribution in [2.24, 2.45) is 5.92 Å². The maximum Gasteiger partial charge on any atom is 0.373 e. The Balaban J connectivity index is 2.53. The van der Waals surface area contributed by atoms with Crippen molar-refractivity contribution in [3.63, 3.8) is 0 Å². The Morgan fingerprint density at radius 3 is 2.82 bits per heavy atom. The van der Waals surface area contributed by atoms with Crippen molar-refractivity contribution in [1.29, 1.82) is 0 Å². The summed E-state index contributed by atoms with van der Waals surface area (Å²) in [5.41, 5.74) is 0.396. The van der Waals surface area contributed by atoms with Crippen LogP contribution in [0.1, 0.15) is 31.1 Å². The molecule has 0 saturated heterocycles. The van der Waals surface area contributed by atoms with Gasteiger partial charge in [-0.1, -0.05) is 19.9 Å². The highest BCUT2D eigenvalue weighted by molar-refractivity contribution is 5.89. The molecule has 4 heteroatoms. The Bertz CT molecular complexity index is 360. The molecule has 1 aromatic carbocycles. The lowest BCUT2D eigenvalue weighted by molar-refractivity contribution is -0.217. The minimum Gasteiger partial charge on any atom is -0.494 e. The fourth-order valence-corrected chi connectivity index (χ4v) is 1.11. The van der Waals surface area contributed by atoms with Crippen LogP contribution in [0, 0.1) is 12.5 Å². The fourth-order valence-electron chi connectivity index (χ4n) is 1.11. The van der Waals surface area contributed by atoms with E-state index in [0.717, 1.165) is 0 Å². The van der Waals surface area contributed by atoms with E-state index in [1.54, 1.807) is 24.3 Å². The summed E-state index contributed by atoms with van der Waals surface area (Å²) in [7, 11) is 0. The second-order valence-electron chi connectivity index (χ2n) is 3.81. The summed E-state index contributed by atoms with van der Waals surface area (Å²) in [6.45, 7) is 7.72. The van der Waals surface area contributed by atoms with Crippen LogP contribution in [0.25, 0.3) is 0 Å². The van der Waals surface area contributed by atoms with E-state index in [4.69, 9.17) is 9.62 Å². The number of carbonyl (C=O) groups is 1. The highest BCUT2D eigenvalue weighted by Crippen LogP contribution is 2.14. The molecular weight excluding hydrogens is 220 g/mol. The summed E-state index contributed by atoms with van der Waals surface area (Å²) in [4.78, 5) is 20.9. The van der Waals surface area contributed by atoms with Crippen LogP contribution in [0.3, 0.4) is 0 Å². The van der Waals surface area contributed by atoms with E-state index in [1.165, 1.54) is 6.61 Å². The van der Waals surface area contributed by atoms with Crippen LogP contribution in [0.5, 0.6) is 5.75 Å². The summed E-state index contributed by atoms with van der Waals surface area (Å²) >= 11 is 0. The first-order chi connectivity index (χ1) is 8.13. The Hall–Kier alpha value is -1.55. The first-order valence-corrected chi connectivity index (χ1v) is 5.57. The Morgan fingerprint density at radius 2 is 2.18 bits per heavy atom. The van der Waals surface area contributed by atoms with Gasteiger partial charge in [-0.25, -0.2) is 4.79 Å². The van der Waals surface area contributed by atoms with Crippen molar-refractivity contribution in [3.05, 3.63) is 36.4 Å². The van der Waals surface area contributed by atoms with Crippen LogP contribution in [0.4, 0.5) is 0 Å². The van der Waals surface area contributed by atoms with Gasteiger partial charge >= 0.3 is 5.97 Å². The first-order valence-electron chi connectivity index (χ1n) is 5.57. The zero-order valence-corrected chi connectivity index (χ0v) is 10.3. The van der Waals surface area contributed by atoms with Crippen LogP contribution in [-0.2, 0) is 9.78 Å². The predicted molar refractivity (Wildman–Crippen MR) is 63.2 cm³/mol. The Kier molecular flexibility index (Phi) is 5.49. The molecule has 17 heavy (non-hydrogen) atoms. The molecule has 93 valence electrons. The van der Waals surface area contributed by atoms with E-state index in [2.05, 4.69) is 4.89 Å². The van der Waals surface area contributed by atoms with Gasteiger partial charge in [0, 0.05) is 0 Å². The SMILES string of the molecule is CCOc1cccc(C(=O)OO[CH]C(C)C)c1. The lowest BCUT2D eigenvalue weighted by Crippen LogP contribution is -2.07. The van der Waals surface area contributed by atoms with Gasteiger partial charge in [0.05, 0.1) is 12.2 Å². The van der Waals surface area contributed by atoms with E-state index in [9.17, 15) is 4.79 Å². The van der Waals surface area contributed by atoms with E-state index >= 15 is 0 Å². The molecule has 0 aliphatic rings. The van der Waals surface area contributed by atoms with Crippen molar-refractivity contribution in [2.75, 3.05) is 6.61 Å². The molecule has 0 aliphatic heterocycles. The molecule has 0 bridgehead atoms. The Labute approximate surface area is 101 Å². The molecule has 1 rings (SSSR count). The summed E-state index contributed by atoms with van der Waals surface area (Å²) in [6.07, 6.45) is 0. The zero-order valence-electron chi connectivity index (χ0n) is 10.3. The summed E-state index contributed by atoms with van der Waals surface area (Å²) in [5.74, 6) is 0.288. The maximum atomic E-state index is 11.6. The highest BCUT2D eigenvalue weighted by Gasteiger charge is 2.10.